The summed E-state index contributed by atoms with van der Waals surface area (Å²) in [6.07, 6.45) is 7.34. The second-order valence-electron chi connectivity index (χ2n) is 5.47. The standard InChI is InChI=1S/C12H25N3O2S/c13-10-11-6-2-3-7-12(11)14-18(16,17)15-8-4-1-5-9-15/h11-12,14H,1-10,13H2. The van der Waals surface area contributed by atoms with Crippen molar-refractivity contribution in [2.45, 2.75) is 51.0 Å². The Hall–Kier alpha value is -0.170. The summed E-state index contributed by atoms with van der Waals surface area (Å²) in [5.74, 6) is 0.304. The van der Waals surface area contributed by atoms with E-state index in [-0.39, 0.29) is 6.04 Å². The van der Waals surface area contributed by atoms with Crippen molar-refractivity contribution in [2.24, 2.45) is 11.7 Å². The first kappa shape index (κ1) is 14.2. The summed E-state index contributed by atoms with van der Waals surface area (Å²) < 4.78 is 29.1. The van der Waals surface area contributed by atoms with Crippen LogP contribution in [0.25, 0.3) is 0 Å². The van der Waals surface area contributed by atoms with E-state index in [4.69, 9.17) is 5.73 Å². The summed E-state index contributed by atoms with van der Waals surface area (Å²) in [5.41, 5.74) is 5.74. The molecule has 18 heavy (non-hydrogen) atoms. The summed E-state index contributed by atoms with van der Waals surface area (Å²) in [6.45, 7) is 1.90. The van der Waals surface area contributed by atoms with Crippen molar-refractivity contribution in [3.63, 3.8) is 0 Å². The average molecular weight is 275 g/mol. The van der Waals surface area contributed by atoms with Gasteiger partial charge in [0, 0.05) is 19.1 Å². The van der Waals surface area contributed by atoms with Crippen LogP contribution in [-0.4, -0.2) is 38.4 Å². The molecule has 6 heteroatoms. The zero-order valence-corrected chi connectivity index (χ0v) is 11.8. The monoisotopic (exact) mass is 275 g/mol. The molecule has 2 fully saturated rings. The highest BCUT2D eigenvalue weighted by Crippen LogP contribution is 2.25. The van der Waals surface area contributed by atoms with Crippen molar-refractivity contribution in [3.8, 4) is 0 Å². The second-order valence-corrected chi connectivity index (χ2v) is 7.17. The van der Waals surface area contributed by atoms with Crippen molar-refractivity contribution < 1.29 is 8.42 Å². The molecule has 0 bridgehead atoms. The predicted octanol–water partition coefficient (Wildman–Crippen LogP) is 0.824. The van der Waals surface area contributed by atoms with Gasteiger partial charge in [0.05, 0.1) is 0 Å². The molecule has 0 amide bonds. The van der Waals surface area contributed by atoms with Crippen LogP contribution >= 0.6 is 0 Å². The summed E-state index contributed by atoms with van der Waals surface area (Å²) in [6, 6.07) is 0.0377. The number of nitrogens with two attached hydrogens (primary N) is 1. The molecule has 0 spiro atoms. The number of nitrogens with one attached hydrogen (secondary N) is 1. The second kappa shape index (κ2) is 6.32. The minimum absolute atomic E-state index is 0.0377. The Balaban J connectivity index is 1.97. The molecule has 106 valence electrons. The van der Waals surface area contributed by atoms with Crippen LogP contribution in [0.5, 0.6) is 0 Å². The molecule has 2 aliphatic rings. The van der Waals surface area contributed by atoms with Gasteiger partial charge in [0.1, 0.15) is 0 Å². The minimum atomic E-state index is -3.30. The molecule has 0 aromatic heterocycles. The van der Waals surface area contributed by atoms with Gasteiger partial charge in [-0.05, 0) is 38.1 Å². The van der Waals surface area contributed by atoms with Gasteiger partial charge in [0.15, 0.2) is 0 Å². The Morgan fingerprint density at radius 3 is 2.39 bits per heavy atom. The Labute approximate surface area is 110 Å². The molecule has 3 N–H and O–H groups in total. The molecule has 2 rings (SSSR count). The number of hydrogen-bond donors (Lipinski definition) is 2. The smallest absolute Gasteiger partial charge is 0.279 e. The van der Waals surface area contributed by atoms with E-state index in [0.29, 0.717) is 25.6 Å². The van der Waals surface area contributed by atoms with E-state index in [9.17, 15) is 8.42 Å². The van der Waals surface area contributed by atoms with Gasteiger partial charge in [-0.25, -0.2) is 0 Å². The van der Waals surface area contributed by atoms with Crippen molar-refractivity contribution in [3.05, 3.63) is 0 Å². The van der Waals surface area contributed by atoms with E-state index in [1.807, 2.05) is 0 Å². The maximum absolute atomic E-state index is 12.3. The van der Waals surface area contributed by atoms with Gasteiger partial charge < -0.3 is 5.73 Å². The molecule has 1 aliphatic carbocycles. The van der Waals surface area contributed by atoms with Crippen LogP contribution in [0.2, 0.25) is 0 Å². The fourth-order valence-corrected chi connectivity index (χ4v) is 4.60. The van der Waals surface area contributed by atoms with E-state index < -0.39 is 10.2 Å². The summed E-state index contributed by atoms with van der Waals surface area (Å²) in [7, 11) is -3.30. The van der Waals surface area contributed by atoms with E-state index in [1.165, 1.54) is 6.42 Å². The predicted molar refractivity (Wildman–Crippen MR) is 72.3 cm³/mol. The maximum Gasteiger partial charge on any atom is 0.279 e. The van der Waals surface area contributed by atoms with Gasteiger partial charge in [-0.3, -0.25) is 0 Å². The maximum atomic E-state index is 12.3. The molecule has 1 saturated carbocycles. The highest BCUT2D eigenvalue weighted by atomic mass is 32.2. The Morgan fingerprint density at radius 2 is 1.72 bits per heavy atom. The van der Waals surface area contributed by atoms with Crippen LogP contribution in [-0.2, 0) is 10.2 Å². The van der Waals surface area contributed by atoms with Gasteiger partial charge in [0.25, 0.3) is 10.2 Å². The highest BCUT2D eigenvalue weighted by Gasteiger charge is 2.31. The first-order valence-electron chi connectivity index (χ1n) is 7.11. The third-order valence-corrected chi connectivity index (χ3v) is 5.81. The van der Waals surface area contributed by atoms with Crippen LogP contribution in [0.4, 0.5) is 0 Å². The fourth-order valence-electron chi connectivity index (χ4n) is 3.02. The molecule has 1 heterocycles. The number of nitrogens with zero attached hydrogens (tertiary/aromatic N) is 1. The lowest BCUT2D eigenvalue weighted by atomic mass is 9.85. The van der Waals surface area contributed by atoms with Gasteiger partial charge in [-0.2, -0.15) is 17.4 Å². The number of rotatable bonds is 4. The molecule has 2 atom stereocenters. The molecule has 0 aromatic carbocycles. The van der Waals surface area contributed by atoms with Crippen LogP contribution in [0, 0.1) is 5.92 Å². The number of piperidine rings is 1. The van der Waals surface area contributed by atoms with E-state index >= 15 is 0 Å². The quantitative estimate of drug-likeness (QED) is 0.798. The largest absolute Gasteiger partial charge is 0.330 e. The molecule has 1 aliphatic heterocycles. The summed E-state index contributed by atoms with van der Waals surface area (Å²) in [4.78, 5) is 0. The molecule has 5 nitrogen and oxygen atoms in total. The SMILES string of the molecule is NCC1CCCCC1NS(=O)(=O)N1CCCCC1. The van der Waals surface area contributed by atoms with E-state index in [0.717, 1.165) is 38.5 Å². The Morgan fingerprint density at radius 1 is 1.06 bits per heavy atom. The number of hydrogen-bond acceptors (Lipinski definition) is 3. The Bertz CT molecular complexity index is 352. The van der Waals surface area contributed by atoms with Crippen LogP contribution in [0.1, 0.15) is 44.9 Å². The lowest BCUT2D eigenvalue weighted by Gasteiger charge is -2.34. The lowest BCUT2D eigenvalue weighted by molar-refractivity contribution is 0.282. The molecular weight excluding hydrogens is 250 g/mol. The molecule has 1 saturated heterocycles. The van der Waals surface area contributed by atoms with Gasteiger partial charge in [0.2, 0.25) is 0 Å². The topological polar surface area (TPSA) is 75.4 Å². The zero-order valence-electron chi connectivity index (χ0n) is 11.0. The minimum Gasteiger partial charge on any atom is -0.330 e. The van der Waals surface area contributed by atoms with Crippen molar-refractivity contribution in [2.75, 3.05) is 19.6 Å². The van der Waals surface area contributed by atoms with Gasteiger partial charge in [-0.1, -0.05) is 19.3 Å². The van der Waals surface area contributed by atoms with Gasteiger partial charge in [-0.15, -0.1) is 0 Å². The van der Waals surface area contributed by atoms with Crippen LogP contribution in [0.3, 0.4) is 0 Å². The average Bonchev–Trinajstić information content (AvgIpc) is 2.40. The first-order valence-corrected chi connectivity index (χ1v) is 8.55. The third kappa shape index (κ3) is 3.44. The molecular formula is C12H25N3O2S. The van der Waals surface area contributed by atoms with Gasteiger partial charge >= 0.3 is 0 Å². The van der Waals surface area contributed by atoms with Crippen molar-refractivity contribution in [1.29, 1.82) is 0 Å². The van der Waals surface area contributed by atoms with Crippen LogP contribution in [0.15, 0.2) is 0 Å². The highest BCUT2D eigenvalue weighted by molar-refractivity contribution is 7.87. The van der Waals surface area contributed by atoms with Crippen molar-refractivity contribution in [1.82, 2.24) is 9.03 Å². The van der Waals surface area contributed by atoms with E-state index in [2.05, 4.69) is 4.72 Å². The molecule has 2 unspecified atom stereocenters. The molecule has 0 aromatic rings. The van der Waals surface area contributed by atoms with Crippen LogP contribution < -0.4 is 10.5 Å². The normalized spacial score (nSPS) is 31.4. The molecule has 0 radical (unpaired) electrons. The third-order valence-electron chi connectivity index (χ3n) is 4.17. The van der Waals surface area contributed by atoms with E-state index in [1.54, 1.807) is 4.31 Å². The summed E-state index contributed by atoms with van der Waals surface area (Å²) >= 11 is 0. The Kier molecular flexibility index (Phi) is 5.00. The zero-order chi connectivity index (χ0) is 13.0. The fraction of sp³-hybridized carbons (Fsp3) is 1.00. The first-order chi connectivity index (χ1) is 8.63. The van der Waals surface area contributed by atoms with Crippen molar-refractivity contribution >= 4 is 10.2 Å². The summed E-state index contributed by atoms with van der Waals surface area (Å²) in [5, 5.41) is 0. The lowest BCUT2D eigenvalue weighted by Crippen LogP contribution is -2.51.